The van der Waals surface area contributed by atoms with Crippen molar-refractivity contribution in [1.29, 1.82) is 0 Å². The van der Waals surface area contributed by atoms with Crippen LogP contribution in [0.4, 0.5) is 0 Å². The minimum atomic E-state index is -0.408. The Morgan fingerprint density at radius 1 is 1.12 bits per heavy atom. The average Bonchev–Trinajstić information content (AvgIpc) is 2.26. The van der Waals surface area contributed by atoms with Crippen molar-refractivity contribution in [3.63, 3.8) is 0 Å². The lowest BCUT2D eigenvalue weighted by Crippen LogP contribution is -2.51. The Bertz CT molecular complexity index is 271. The fourth-order valence-electron chi connectivity index (χ4n) is 2.29. The van der Waals surface area contributed by atoms with Gasteiger partial charge in [-0.3, -0.25) is 9.59 Å². The Hall–Kier alpha value is -1.06. The lowest BCUT2D eigenvalue weighted by atomic mass is 9.94. The number of carbonyl (C=O) groups is 2. The summed E-state index contributed by atoms with van der Waals surface area (Å²) in [6.45, 7) is 5.34. The molecule has 0 aromatic carbocycles. The summed E-state index contributed by atoms with van der Waals surface area (Å²) in [6, 6.07) is -0.110. The fraction of sp³-hybridized carbons (Fsp3) is 0.846. The first-order valence-corrected chi connectivity index (χ1v) is 6.58. The highest BCUT2D eigenvalue weighted by Crippen LogP contribution is 2.17. The molecule has 0 spiro atoms. The molecule has 98 valence electrons. The topological polar surface area (TPSA) is 58.2 Å². The van der Waals surface area contributed by atoms with Crippen molar-refractivity contribution in [3.8, 4) is 0 Å². The van der Waals surface area contributed by atoms with Crippen LogP contribution in [0.5, 0.6) is 0 Å². The van der Waals surface area contributed by atoms with Gasteiger partial charge in [-0.1, -0.05) is 33.1 Å². The van der Waals surface area contributed by atoms with Crippen LogP contribution in [0.25, 0.3) is 0 Å². The monoisotopic (exact) mass is 240 g/mol. The van der Waals surface area contributed by atoms with Gasteiger partial charge in [-0.25, -0.2) is 0 Å². The van der Waals surface area contributed by atoms with E-state index in [1.54, 1.807) is 0 Å². The minimum absolute atomic E-state index is 0.0397. The van der Waals surface area contributed by atoms with Crippen molar-refractivity contribution in [3.05, 3.63) is 0 Å². The summed E-state index contributed by atoms with van der Waals surface area (Å²) in [6.07, 6.45) is 5.79. The van der Waals surface area contributed by atoms with Crippen molar-refractivity contribution in [1.82, 2.24) is 10.6 Å². The van der Waals surface area contributed by atoms with Gasteiger partial charge in [0.1, 0.15) is 6.04 Å². The Morgan fingerprint density at radius 2 is 1.71 bits per heavy atom. The molecule has 1 fully saturated rings. The van der Waals surface area contributed by atoms with Gasteiger partial charge in [-0.2, -0.15) is 0 Å². The number of rotatable bonds is 4. The SMILES string of the molecule is CC(=O)N[C@@H](C(=O)NC1CCCCC1)C(C)C. The molecule has 0 bridgehead atoms. The van der Waals surface area contributed by atoms with E-state index in [9.17, 15) is 9.59 Å². The largest absolute Gasteiger partial charge is 0.352 e. The zero-order valence-electron chi connectivity index (χ0n) is 11.1. The van der Waals surface area contributed by atoms with Crippen LogP contribution in [0.1, 0.15) is 52.9 Å². The summed E-state index contributed by atoms with van der Waals surface area (Å²) in [5.74, 6) is -0.0768. The van der Waals surface area contributed by atoms with Crippen LogP contribution in [0.15, 0.2) is 0 Å². The summed E-state index contributed by atoms with van der Waals surface area (Å²) in [5.41, 5.74) is 0. The zero-order valence-corrected chi connectivity index (χ0v) is 11.1. The summed E-state index contributed by atoms with van der Waals surface area (Å²) < 4.78 is 0. The quantitative estimate of drug-likeness (QED) is 0.784. The maximum atomic E-state index is 12.1. The van der Waals surface area contributed by atoms with E-state index in [0.717, 1.165) is 12.8 Å². The molecule has 1 aliphatic carbocycles. The van der Waals surface area contributed by atoms with E-state index in [1.165, 1.54) is 26.2 Å². The third-order valence-corrected chi connectivity index (χ3v) is 3.26. The maximum Gasteiger partial charge on any atom is 0.243 e. The lowest BCUT2D eigenvalue weighted by Gasteiger charge is -2.27. The Kier molecular flexibility index (Phi) is 5.45. The normalized spacial score (nSPS) is 18.8. The molecule has 1 rings (SSSR count). The van der Waals surface area contributed by atoms with E-state index < -0.39 is 6.04 Å². The molecule has 1 saturated carbocycles. The van der Waals surface area contributed by atoms with Gasteiger partial charge in [0.2, 0.25) is 11.8 Å². The van der Waals surface area contributed by atoms with Gasteiger partial charge < -0.3 is 10.6 Å². The van der Waals surface area contributed by atoms with E-state index in [4.69, 9.17) is 0 Å². The molecule has 0 radical (unpaired) electrons. The van der Waals surface area contributed by atoms with Gasteiger partial charge in [0, 0.05) is 13.0 Å². The fourth-order valence-corrected chi connectivity index (χ4v) is 2.29. The number of nitrogens with one attached hydrogen (secondary N) is 2. The molecule has 1 atom stereocenters. The molecule has 2 N–H and O–H groups in total. The summed E-state index contributed by atoms with van der Waals surface area (Å²) in [5, 5.41) is 5.77. The molecule has 0 aliphatic heterocycles. The molecule has 0 aromatic heterocycles. The van der Waals surface area contributed by atoms with Gasteiger partial charge in [-0.15, -0.1) is 0 Å². The van der Waals surface area contributed by atoms with Crippen LogP contribution in [0.2, 0.25) is 0 Å². The maximum absolute atomic E-state index is 12.1. The molecule has 1 aliphatic rings. The van der Waals surface area contributed by atoms with Crippen LogP contribution in [0.3, 0.4) is 0 Å². The first-order valence-electron chi connectivity index (χ1n) is 6.58. The number of carbonyl (C=O) groups excluding carboxylic acids is 2. The molecule has 4 nitrogen and oxygen atoms in total. The third-order valence-electron chi connectivity index (χ3n) is 3.26. The van der Waals surface area contributed by atoms with Crippen LogP contribution in [-0.2, 0) is 9.59 Å². The molecule has 17 heavy (non-hydrogen) atoms. The first-order chi connectivity index (χ1) is 8.00. The van der Waals surface area contributed by atoms with E-state index in [0.29, 0.717) is 6.04 Å². The van der Waals surface area contributed by atoms with Crippen LogP contribution >= 0.6 is 0 Å². The van der Waals surface area contributed by atoms with E-state index in [1.807, 2.05) is 13.8 Å². The smallest absolute Gasteiger partial charge is 0.243 e. The van der Waals surface area contributed by atoms with Crippen LogP contribution in [-0.4, -0.2) is 23.9 Å². The van der Waals surface area contributed by atoms with Crippen LogP contribution in [0, 0.1) is 5.92 Å². The molecule has 4 heteroatoms. The summed E-state index contributed by atoms with van der Waals surface area (Å²) >= 11 is 0. The van der Waals surface area contributed by atoms with Gasteiger partial charge in [0.25, 0.3) is 0 Å². The Morgan fingerprint density at radius 3 is 2.18 bits per heavy atom. The standard InChI is InChI=1S/C13H24N2O2/c1-9(2)12(14-10(3)16)13(17)15-11-7-5-4-6-8-11/h9,11-12H,4-8H2,1-3H3,(H,14,16)(H,15,17)/t12-/m1/s1. The predicted molar refractivity (Wildman–Crippen MR) is 67.5 cm³/mol. The highest BCUT2D eigenvalue weighted by atomic mass is 16.2. The van der Waals surface area contributed by atoms with E-state index >= 15 is 0 Å². The van der Waals surface area contributed by atoms with Crippen LogP contribution < -0.4 is 10.6 Å². The third kappa shape index (κ3) is 4.75. The number of hydrogen-bond donors (Lipinski definition) is 2. The van der Waals surface area contributed by atoms with Gasteiger partial charge in [0.05, 0.1) is 0 Å². The number of amides is 2. The second kappa shape index (κ2) is 6.62. The second-order valence-electron chi connectivity index (χ2n) is 5.27. The number of hydrogen-bond acceptors (Lipinski definition) is 2. The van der Waals surface area contributed by atoms with Crippen molar-refractivity contribution < 1.29 is 9.59 Å². The van der Waals surface area contributed by atoms with Crippen molar-refractivity contribution in [2.24, 2.45) is 5.92 Å². The molecular weight excluding hydrogens is 216 g/mol. The second-order valence-corrected chi connectivity index (χ2v) is 5.27. The Labute approximate surface area is 104 Å². The average molecular weight is 240 g/mol. The van der Waals surface area contributed by atoms with Crippen molar-refractivity contribution in [2.45, 2.75) is 65.0 Å². The van der Waals surface area contributed by atoms with Crippen molar-refractivity contribution in [2.75, 3.05) is 0 Å². The highest BCUT2D eigenvalue weighted by Gasteiger charge is 2.25. The molecule has 0 saturated heterocycles. The van der Waals surface area contributed by atoms with E-state index in [2.05, 4.69) is 10.6 Å². The van der Waals surface area contributed by atoms with Gasteiger partial charge in [0.15, 0.2) is 0 Å². The van der Waals surface area contributed by atoms with Gasteiger partial charge in [-0.05, 0) is 18.8 Å². The molecule has 0 aromatic rings. The van der Waals surface area contributed by atoms with Gasteiger partial charge >= 0.3 is 0 Å². The zero-order chi connectivity index (χ0) is 12.8. The lowest BCUT2D eigenvalue weighted by molar-refractivity contribution is -0.129. The molecule has 2 amide bonds. The Balaban J connectivity index is 2.49. The first kappa shape index (κ1) is 14.0. The molecule has 0 unspecified atom stereocenters. The van der Waals surface area contributed by atoms with E-state index in [-0.39, 0.29) is 17.7 Å². The summed E-state index contributed by atoms with van der Waals surface area (Å²) in [7, 11) is 0. The highest BCUT2D eigenvalue weighted by molar-refractivity contribution is 5.87. The summed E-state index contributed by atoms with van der Waals surface area (Å²) in [4.78, 5) is 23.1. The molecular formula is C13H24N2O2. The molecule has 0 heterocycles. The van der Waals surface area contributed by atoms with Crippen molar-refractivity contribution >= 4 is 11.8 Å². The predicted octanol–water partition coefficient (Wildman–Crippen LogP) is 1.60. The minimum Gasteiger partial charge on any atom is -0.352 e.